The van der Waals surface area contributed by atoms with Crippen LogP contribution in [0.25, 0.3) is 0 Å². The molecule has 1 aliphatic rings. The van der Waals surface area contributed by atoms with E-state index in [0.717, 1.165) is 11.3 Å². The smallest absolute Gasteiger partial charge is 0.122 e. The zero-order chi connectivity index (χ0) is 6.85. The maximum atomic E-state index is 12.5. The lowest BCUT2D eigenvalue weighted by molar-refractivity contribution is 0.576. The molecule has 0 spiro atoms. The van der Waals surface area contributed by atoms with Gasteiger partial charge in [-0.1, -0.05) is 0 Å². The Morgan fingerprint density at radius 3 is 2.67 bits per heavy atom. The molecule has 2 heteroatoms. The van der Waals surface area contributed by atoms with E-state index in [0.29, 0.717) is 6.54 Å². The molecule has 0 unspecified atom stereocenters. The van der Waals surface area contributed by atoms with Crippen LogP contribution in [0.4, 0.5) is 4.39 Å². The fourth-order valence-corrected chi connectivity index (χ4v) is 0.811. The van der Waals surface area contributed by atoms with Gasteiger partial charge in [0.05, 0.1) is 6.54 Å². The number of halogens is 1. The van der Waals surface area contributed by atoms with E-state index in [1.165, 1.54) is 0 Å². The number of dihydropyridines is 1. The summed E-state index contributed by atoms with van der Waals surface area (Å²) in [5.41, 5.74) is 1.78. The highest BCUT2D eigenvalue weighted by Gasteiger charge is 2.04. The summed E-state index contributed by atoms with van der Waals surface area (Å²) in [6.45, 7) is 4.06. The fourth-order valence-electron chi connectivity index (χ4n) is 0.811. The van der Waals surface area contributed by atoms with E-state index in [1.807, 2.05) is 6.92 Å². The number of hydrogen-bond donors (Lipinski definition) is 1. The van der Waals surface area contributed by atoms with Gasteiger partial charge in [0.25, 0.3) is 0 Å². The Morgan fingerprint density at radius 2 is 2.22 bits per heavy atom. The van der Waals surface area contributed by atoms with Gasteiger partial charge in [-0.3, -0.25) is 0 Å². The SMILES string of the molecule is CC1=CC(C)=C(F)CN1. The Labute approximate surface area is 54.3 Å². The molecule has 0 bridgehead atoms. The highest BCUT2D eigenvalue weighted by Crippen LogP contribution is 2.12. The summed E-state index contributed by atoms with van der Waals surface area (Å²) < 4.78 is 12.5. The summed E-state index contributed by atoms with van der Waals surface area (Å²) in [4.78, 5) is 0. The van der Waals surface area contributed by atoms with Crippen molar-refractivity contribution >= 4 is 0 Å². The summed E-state index contributed by atoms with van der Waals surface area (Å²) in [5, 5.41) is 2.89. The molecule has 0 radical (unpaired) electrons. The van der Waals surface area contributed by atoms with Crippen LogP contribution in [0.2, 0.25) is 0 Å². The summed E-state index contributed by atoms with van der Waals surface area (Å²) in [6.07, 6.45) is 1.80. The highest BCUT2D eigenvalue weighted by atomic mass is 19.1. The predicted octanol–water partition coefficient (Wildman–Crippen LogP) is 1.74. The molecule has 9 heavy (non-hydrogen) atoms. The minimum Gasteiger partial charge on any atom is -0.382 e. The molecule has 0 aliphatic carbocycles. The van der Waals surface area contributed by atoms with Gasteiger partial charge < -0.3 is 5.32 Å². The number of allylic oxidation sites excluding steroid dienone is 3. The van der Waals surface area contributed by atoms with Gasteiger partial charge in [0.1, 0.15) is 5.83 Å². The van der Waals surface area contributed by atoms with Crippen LogP contribution in [-0.4, -0.2) is 6.54 Å². The second-order valence-corrected chi connectivity index (χ2v) is 2.27. The molecule has 0 amide bonds. The average molecular weight is 127 g/mol. The summed E-state index contributed by atoms with van der Waals surface area (Å²) >= 11 is 0. The Bertz CT molecular complexity index is 179. The van der Waals surface area contributed by atoms with E-state index in [-0.39, 0.29) is 5.83 Å². The van der Waals surface area contributed by atoms with E-state index >= 15 is 0 Å². The van der Waals surface area contributed by atoms with Crippen LogP contribution < -0.4 is 5.32 Å². The number of rotatable bonds is 0. The van der Waals surface area contributed by atoms with Gasteiger partial charge in [-0.05, 0) is 25.5 Å². The first-order chi connectivity index (χ1) is 4.20. The summed E-state index contributed by atoms with van der Waals surface area (Å²) in [6, 6.07) is 0. The second-order valence-electron chi connectivity index (χ2n) is 2.27. The molecule has 1 rings (SSSR count). The predicted molar refractivity (Wildman–Crippen MR) is 35.6 cm³/mol. The Balaban J connectivity index is 2.83. The van der Waals surface area contributed by atoms with E-state index in [1.54, 1.807) is 13.0 Å². The molecular formula is C7H10FN. The van der Waals surface area contributed by atoms with Crippen molar-refractivity contribution in [2.45, 2.75) is 13.8 Å². The zero-order valence-corrected chi connectivity index (χ0v) is 5.66. The van der Waals surface area contributed by atoms with Crippen LogP contribution >= 0.6 is 0 Å². The summed E-state index contributed by atoms with van der Waals surface area (Å²) in [5.74, 6) is -0.0550. The molecule has 50 valence electrons. The molecule has 0 saturated carbocycles. The normalized spacial score (nSPS) is 19.2. The van der Waals surface area contributed by atoms with Crippen LogP contribution in [0.5, 0.6) is 0 Å². The van der Waals surface area contributed by atoms with E-state index in [9.17, 15) is 4.39 Å². The van der Waals surface area contributed by atoms with Crippen molar-refractivity contribution in [3.63, 3.8) is 0 Å². The monoisotopic (exact) mass is 127 g/mol. The topological polar surface area (TPSA) is 12.0 Å². The molecule has 0 aromatic heterocycles. The van der Waals surface area contributed by atoms with Gasteiger partial charge in [-0.25, -0.2) is 4.39 Å². The Morgan fingerprint density at radius 1 is 1.56 bits per heavy atom. The van der Waals surface area contributed by atoms with Gasteiger partial charge in [-0.2, -0.15) is 0 Å². The zero-order valence-electron chi connectivity index (χ0n) is 5.66. The molecule has 0 saturated heterocycles. The maximum absolute atomic E-state index is 12.5. The van der Waals surface area contributed by atoms with Crippen molar-refractivity contribution in [2.24, 2.45) is 0 Å². The summed E-state index contributed by atoms with van der Waals surface area (Å²) in [7, 11) is 0. The largest absolute Gasteiger partial charge is 0.382 e. The molecule has 1 heterocycles. The molecule has 1 N–H and O–H groups in total. The first-order valence-corrected chi connectivity index (χ1v) is 2.97. The van der Waals surface area contributed by atoms with Crippen LogP contribution in [0.15, 0.2) is 23.2 Å². The van der Waals surface area contributed by atoms with Crippen molar-refractivity contribution in [2.75, 3.05) is 6.54 Å². The molecule has 1 aliphatic heterocycles. The van der Waals surface area contributed by atoms with Gasteiger partial charge in [0.15, 0.2) is 0 Å². The maximum Gasteiger partial charge on any atom is 0.122 e. The van der Waals surface area contributed by atoms with E-state index in [2.05, 4.69) is 5.32 Å². The standard InChI is InChI=1S/C7H10FN/c1-5-3-6(2)9-4-7(5)8/h3,9H,4H2,1-2H3. The van der Waals surface area contributed by atoms with Crippen molar-refractivity contribution in [1.29, 1.82) is 0 Å². The van der Waals surface area contributed by atoms with Gasteiger partial charge in [0.2, 0.25) is 0 Å². The van der Waals surface area contributed by atoms with E-state index in [4.69, 9.17) is 0 Å². The molecule has 1 nitrogen and oxygen atoms in total. The first kappa shape index (κ1) is 6.33. The fraction of sp³-hybridized carbons (Fsp3) is 0.429. The second kappa shape index (κ2) is 2.21. The minimum absolute atomic E-state index is 0.0550. The molecule has 0 aromatic carbocycles. The van der Waals surface area contributed by atoms with Gasteiger partial charge in [0, 0.05) is 5.70 Å². The van der Waals surface area contributed by atoms with Gasteiger partial charge in [-0.15, -0.1) is 0 Å². The average Bonchev–Trinajstić information content (AvgIpc) is 1.80. The van der Waals surface area contributed by atoms with Crippen LogP contribution in [0.3, 0.4) is 0 Å². The Hall–Kier alpha value is -0.790. The quantitative estimate of drug-likeness (QED) is 0.522. The molecule has 0 aromatic rings. The van der Waals surface area contributed by atoms with Crippen molar-refractivity contribution in [3.05, 3.63) is 23.2 Å². The third kappa shape index (κ3) is 1.31. The van der Waals surface area contributed by atoms with Crippen LogP contribution in [-0.2, 0) is 0 Å². The lowest BCUT2D eigenvalue weighted by Crippen LogP contribution is -2.17. The van der Waals surface area contributed by atoms with E-state index < -0.39 is 0 Å². The molecule has 0 fully saturated rings. The third-order valence-corrected chi connectivity index (χ3v) is 1.38. The minimum atomic E-state index is -0.0550. The first-order valence-electron chi connectivity index (χ1n) is 2.97. The Kier molecular flexibility index (Phi) is 1.56. The highest BCUT2D eigenvalue weighted by molar-refractivity contribution is 5.27. The van der Waals surface area contributed by atoms with Gasteiger partial charge >= 0.3 is 0 Å². The molecule has 0 atom stereocenters. The number of nitrogens with one attached hydrogen (secondary N) is 1. The lowest BCUT2D eigenvalue weighted by Gasteiger charge is -2.11. The van der Waals surface area contributed by atoms with Crippen molar-refractivity contribution in [1.82, 2.24) is 5.32 Å². The van der Waals surface area contributed by atoms with Crippen LogP contribution in [0.1, 0.15) is 13.8 Å². The molecular weight excluding hydrogens is 117 g/mol. The van der Waals surface area contributed by atoms with Crippen LogP contribution in [0, 0.1) is 0 Å². The van der Waals surface area contributed by atoms with Crippen molar-refractivity contribution < 1.29 is 4.39 Å². The number of hydrogen-bond acceptors (Lipinski definition) is 1. The third-order valence-electron chi connectivity index (χ3n) is 1.38. The lowest BCUT2D eigenvalue weighted by atomic mass is 10.2. The van der Waals surface area contributed by atoms with Crippen molar-refractivity contribution in [3.8, 4) is 0 Å².